The number of aliphatic hydroxyl groups is 2. The maximum absolute atomic E-state index is 11.9. The SMILES string of the molecule is CC(C)(C)OC(=O)N1CCC(O)CC(CO)C1. The fraction of sp³-hybridized carbons (Fsp3) is 0.917. The van der Waals surface area contributed by atoms with Crippen LogP contribution < -0.4 is 0 Å². The van der Waals surface area contributed by atoms with E-state index in [2.05, 4.69) is 0 Å². The van der Waals surface area contributed by atoms with E-state index in [-0.39, 0.29) is 18.6 Å². The second-order valence-corrected chi connectivity index (χ2v) is 5.65. The van der Waals surface area contributed by atoms with Crippen molar-refractivity contribution in [3.63, 3.8) is 0 Å². The maximum atomic E-state index is 11.9. The van der Waals surface area contributed by atoms with Crippen molar-refractivity contribution in [1.29, 1.82) is 0 Å². The number of likely N-dealkylation sites (tertiary alicyclic amines) is 1. The maximum Gasteiger partial charge on any atom is 0.410 e. The molecule has 5 nitrogen and oxygen atoms in total. The average molecular weight is 245 g/mol. The van der Waals surface area contributed by atoms with Crippen LogP contribution in [0, 0.1) is 5.92 Å². The molecule has 1 fully saturated rings. The zero-order chi connectivity index (χ0) is 13.1. The van der Waals surface area contributed by atoms with Crippen LogP contribution in [-0.2, 0) is 4.74 Å². The number of nitrogens with zero attached hydrogens (tertiary/aromatic N) is 1. The molecule has 2 unspecified atom stereocenters. The number of carbonyl (C=O) groups excluding carboxylic acids is 1. The highest BCUT2D eigenvalue weighted by molar-refractivity contribution is 5.68. The monoisotopic (exact) mass is 245 g/mol. The van der Waals surface area contributed by atoms with Gasteiger partial charge in [-0.25, -0.2) is 4.79 Å². The average Bonchev–Trinajstić information content (AvgIpc) is 2.37. The van der Waals surface area contributed by atoms with Crippen molar-refractivity contribution < 1.29 is 19.7 Å². The zero-order valence-corrected chi connectivity index (χ0v) is 10.8. The van der Waals surface area contributed by atoms with E-state index in [1.165, 1.54) is 0 Å². The Morgan fingerprint density at radius 2 is 2.12 bits per heavy atom. The first-order valence-corrected chi connectivity index (χ1v) is 6.08. The van der Waals surface area contributed by atoms with Crippen molar-refractivity contribution in [2.75, 3.05) is 19.7 Å². The van der Waals surface area contributed by atoms with Crippen molar-refractivity contribution in [3.8, 4) is 0 Å². The highest BCUT2D eigenvalue weighted by Gasteiger charge is 2.28. The molecule has 0 aromatic carbocycles. The van der Waals surface area contributed by atoms with Gasteiger partial charge in [-0.05, 0) is 33.6 Å². The molecule has 1 amide bonds. The molecule has 0 bridgehead atoms. The quantitative estimate of drug-likeness (QED) is 0.722. The Balaban J connectivity index is 2.60. The molecule has 100 valence electrons. The number of ether oxygens (including phenoxy) is 1. The van der Waals surface area contributed by atoms with Gasteiger partial charge in [0.05, 0.1) is 6.10 Å². The smallest absolute Gasteiger partial charge is 0.410 e. The molecule has 0 spiro atoms. The standard InChI is InChI=1S/C12H23NO4/c1-12(2,3)17-11(16)13-5-4-10(15)6-9(7-13)8-14/h9-10,14-15H,4-8H2,1-3H3. The van der Waals surface area contributed by atoms with Gasteiger partial charge < -0.3 is 19.8 Å². The molecule has 2 N–H and O–H groups in total. The number of hydrogen-bond acceptors (Lipinski definition) is 4. The van der Waals surface area contributed by atoms with Gasteiger partial charge in [0.25, 0.3) is 0 Å². The Hall–Kier alpha value is -0.810. The largest absolute Gasteiger partial charge is 0.444 e. The summed E-state index contributed by atoms with van der Waals surface area (Å²) < 4.78 is 5.28. The predicted molar refractivity (Wildman–Crippen MR) is 63.6 cm³/mol. The van der Waals surface area contributed by atoms with E-state index < -0.39 is 11.7 Å². The Morgan fingerprint density at radius 3 is 2.65 bits per heavy atom. The molecular formula is C12H23NO4. The second-order valence-electron chi connectivity index (χ2n) is 5.65. The third-order valence-corrected chi connectivity index (χ3v) is 2.73. The van der Waals surface area contributed by atoms with E-state index in [4.69, 9.17) is 4.74 Å². The summed E-state index contributed by atoms with van der Waals surface area (Å²) in [5.74, 6) is -0.0694. The van der Waals surface area contributed by atoms with Gasteiger partial charge >= 0.3 is 6.09 Å². The molecule has 1 aliphatic heterocycles. The van der Waals surface area contributed by atoms with Gasteiger partial charge in [0.15, 0.2) is 0 Å². The van der Waals surface area contributed by atoms with E-state index in [9.17, 15) is 15.0 Å². The molecule has 0 saturated carbocycles. The van der Waals surface area contributed by atoms with Gasteiger partial charge in [0.1, 0.15) is 5.60 Å². The third-order valence-electron chi connectivity index (χ3n) is 2.73. The molecule has 17 heavy (non-hydrogen) atoms. The summed E-state index contributed by atoms with van der Waals surface area (Å²) in [5, 5.41) is 18.8. The number of amides is 1. The molecule has 0 radical (unpaired) electrons. The lowest BCUT2D eigenvalue weighted by atomic mass is 10.0. The van der Waals surface area contributed by atoms with Crippen molar-refractivity contribution >= 4 is 6.09 Å². The Kier molecular flexibility index (Phi) is 4.77. The van der Waals surface area contributed by atoms with Crippen molar-refractivity contribution in [3.05, 3.63) is 0 Å². The normalized spacial score (nSPS) is 26.5. The van der Waals surface area contributed by atoms with E-state index in [1.54, 1.807) is 4.90 Å². The number of rotatable bonds is 1. The molecular weight excluding hydrogens is 222 g/mol. The van der Waals surface area contributed by atoms with Gasteiger partial charge in [-0.1, -0.05) is 0 Å². The Morgan fingerprint density at radius 1 is 1.47 bits per heavy atom. The number of carbonyl (C=O) groups is 1. The number of hydrogen-bond donors (Lipinski definition) is 2. The summed E-state index contributed by atoms with van der Waals surface area (Å²) in [7, 11) is 0. The molecule has 0 aromatic rings. The summed E-state index contributed by atoms with van der Waals surface area (Å²) in [6, 6.07) is 0. The fourth-order valence-corrected chi connectivity index (χ4v) is 1.91. The molecule has 1 heterocycles. The van der Waals surface area contributed by atoms with Crippen LogP contribution in [0.3, 0.4) is 0 Å². The van der Waals surface area contributed by atoms with Crippen molar-refractivity contribution in [1.82, 2.24) is 4.90 Å². The van der Waals surface area contributed by atoms with E-state index in [0.29, 0.717) is 25.9 Å². The predicted octanol–water partition coefficient (Wildman–Crippen LogP) is 0.987. The van der Waals surface area contributed by atoms with Gasteiger partial charge in [-0.3, -0.25) is 0 Å². The van der Waals surface area contributed by atoms with Crippen LogP contribution >= 0.6 is 0 Å². The molecule has 1 saturated heterocycles. The molecule has 2 atom stereocenters. The summed E-state index contributed by atoms with van der Waals surface area (Å²) >= 11 is 0. The van der Waals surface area contributed by atoms with Crippen molar-refractivity contribution in [2.45, 2.75) is 45.3 Å². The fourth-order valence-electron chi connectivity index (χ4n) is 1.91. The van der Waals surface area contributed by atoms with E-state index >= 15 is 0 Å². The van der Waals surface area contributed by atoms with Crippen LogP contribution in [-0.4, -0.2) is 52.6 Å². The molecule has 0 aliphatic carbocycles. The summed E-state index contributed by atoms with van der Waals surface area (Å²) in [4.78, 5) is 13.4. The van der Waals surface area contributed by atoms with Gasteiger partial charge in [-0.15, -0.1) is 0 Å². The van der Waals surface area contributed by atoms with Crippen LogP contribution in [0.4, 0.5) is 4.79 Å². The molecule has 1 aliphatic rings. The lowest BCUT2D eigenvalue weighted by Gasteiger charge is -2.27. The first-order chi connectivity index (χ1) is 7.81. The lowest BCUT2D eigenvalue weighted by Crippen LogP contribution is -2.39. The number of aliphatic hydroxyl groups excluding tert-OH is 2. The van der Waals surface area contributed by atoms with Gasteiger partial charge in [0.2, 0.25) is 0 Å². The topological polar surface area (TPSA) is 70.0 Å². The highest BCUT2D eigenvalue weighted by atomic mass is 16.6. The van der Waals surface area contributed by atoms with E-state index in [1.807, 2.05) is 20.8 Å². The van der Waals surface area contributed by atoms with E-state index in [0.717, 1.165) is 0 Å². The molecule has 1 rings (SSSR count). The minimum Gasteiger partial charge on any atom is -0.444 e. The van der Waals surface area contributed by atoms with Crippen LogP contribution in [0.2, 0.25) is 0 Å². The third kappa shape index (κ3) is 4.91. The van der Waals surface area contributed by atoms with Gasteiger partial charge in [0, 0.05) is 25.6 Å². The summed E-state index contributed by atoms with van der Waals surface area (Å²) in [6.07, 6.45) is 0.260. The second kappa shape index (κ2) is 5.69. The first-order valence-electron chi connectivity index (χ1n) is 6.08. The minimum absolute atomic E-state index is 0.0175. The van der Waals surface area contributed by atoms with Crippen LogP contribution in [0.15, 0.2) is 0 Å². The summed E-state index contributed by atoms with van der Waals surface area (Å²) in [5.41, 5.74) is -0.517. The molecule has 5 heteroatoms. The highest BCUT2D eigenvalue weighted by Crippen LogP contribution is 2.19. The van der Waals surface area contributed by atoms with Crippen molar-refractivity contribution in [2.24, 2.45) is 5.92 Å². The van der Waals surface area contributed by atoms with Crippen LogP contribution in [0.5, 0.6) is 0 Å². The zero-order valence-electron chi connectivity index (χ0n) is 10.8. The molecule has 0 aromatic heterocycles. The van der Waals surface area contributed by atoms with Gasteiger partial charge in [-0.2, -0.15) is 0 Å². The first kappa shape index (κ1) is 14.3. The van der Waals surface area contributed by atoms with Crippen LogP contribution in [0.1, 0.15) is 33.6 Å². The van der Waals surface area contributed by atoms with Crippen LogP contribution in [0.25, 0.3) is 0 Å². The lowest BCUT2D eigenvalue weighted by molar-refractivity contribution is 0.0218. The minimum atomic E-state index is -0.517. The Bertz CT molecular complexity index is 262. The Labute approximate surface area is 102 Å². The summed E-state index contributed by atoms with van der Waals surface area (Å²) in [6.45, 7) is 6.37.